The third kappa shape index (κ3) is 1.87. The number of aromatic nitrogens is 1. The molecule has 1 N–H and O–H groups in total. The second kappa shape index (κ2) is 4.11. The summed E-state index contributed by atoms with van der Waals surface area (Å²) < 4.78 is 10.3. The van der Waals surface area contributed by atoms with Crippen LogP contribution in [-0.4, -0.2) is 31.1 Å². The maximum absolute atomic E-state index is 11.0. The molecule has 0 spiro atoms. The van der Waals surface area contributed by atoms with Crippen molar-refractivity contribution in [3.8, 4) is 0 Å². The Balaban J connectivity index is 2.48. The molecule has 1 unspecified atom stereocenters. The minimum Gasteiger partial charge on any atom is -0.408 e. The number of methoxy groups -OCH3 is 1. The monoisotopic (exact) mass is 222 g/mol. The van der Waals surface area contributed by atoms with Crippen LogP contribution in [0.25, 0.3) is 11.1 Å². The topological polar surface area (TPSA) is 58.5 Å². The van der Waals surface area contributed by atoms with Crippen molar-refractivity contribution >= 4 is 11.1 Å². The van der Waals surface area contributed by atoms with Gasteiger partial charge in [-0.2, -0.15) is 0 Å². The second-order valence-electron chi connectivity index (χ2n) is 3.82. The van der Waals surface area contributed by atoms with E-state index in [9.17, 15) is 4.79 Å². The van der Waals surface area contributed by atoms with Crippen LogP contribution in [0.5, 0.6) is 0 Å². The van der Waals surface area contributed by atoms with Gasteiger partial charge in [-0.3, -0.25) is 9.88 Å². The van der Waals surface area contributed by atoms with E-state index < -0.39 is 5.76 Å². The fraction of sp³-hybridized carbons (Fsp3) is 0.364. The van der Waals surface area contributed by atoms with Crippen LogP contribution in [0.2, 0.25) is 0 Å². The molecule has 2 aromatic rings. The summed E-state index contributed by atoms with van der Waals surface area (Å²) in [5.74, 6) is -0.439. The Bertz CT molecular complexity index is 541. The van der Waals surface area contributed by atoms with Crippen LogP contribution < -0.4 is 5.76 Å². The summed E-state index contributed by atoms with van der Waals surface area (Å²) in [7, 11) is 5.50. The van der Waals surface area contributed by atoms with E-state index in [1.165, 1.54) is 0 Å². The number of rotatable bonds is 3. The molecule has 0 fully saturated rings. The molecule has 1 aromatic carbocycles. The molecule has 0 bridgehead atoms. The third-order valence-electron chi connectivity index (χ3n) is 2.42. The highest BCUT2D eigenvalue weighted by atomic mass is 16.5. The fourth-order valence-corrected chi connectivity index (χ4v) is 1.77. The van der Waals surface area contributed by atoms with E-state index >= 15 is 0 Å². The summed E-state index contributed by atoms with van der Waals surface area (Å²) in [4.78, 5) is 15.6. The molecule has 1 atom stereocenters. The van der Waals surface area contributed by atoms with E-state index in [4.69, 9.17) is 9.15 Å². The van der Waals surface area contributed by atoms with Gasteiger partial charge in [-0.1, -0.05) is 6.07 Å². The first-order chi connectivity index (χ1) is 7.61. The highest BCUT2D eigenvalue weighted by Gasteiger charge is 2.14. The molecule has 0 aliphatic heterocycles. The van der Waals surface area contributed by atoms with Gasteiger partial charge in [0.1, 0.15) is 6.23 Å². The van der Waals surface area contributed by atoms with Crippen LogP contribution in [0.15, 0.2) is 27.4 Å². The highest BCUT2D eigenvalue weighted by Crippen LogP contribution is 2.22. The molecule has 5 heteroatoms. The number of nitrogens with one attached hydrogen (secondary N) is 1. The Morgan fingerprint density at radius 3 is 2.81 bits per heavy atom. The molecule has 1 aromatic heterocycles. The van der Waals surface area contributed by atoms with Crippen LogP contribution in [-0.2, 0) is 4.74 Å². The van der Waals surface area contributed by atoms with Crippen molar-refractivity contribution < 1.29 is 9.15 Å². The lowest BCUT2D eigenvalue weighted by Crippen LogP contribution is -2.21. The van der Waals surface area contributed by atoms with Gasteiger partial charge < -0.3 is 9.15 Å². The molecule has 0 amide bonds. The lowest BCUT2D eigenvalue weighted by atomic mass is 10.1. The van der Waals surface area contributed by atoms with E-state index in [0.29, 0.717) is 11.1 Å². The predicted octanol–water partition coefficient (Wildman–Crippen LogP) is 1.33. The van der Waals surface area contributed by atoms with Crippen molar-refractivity contribution in [3.63, 3.8) is 0 Å². The molecular formula is C11H14N2O3. The molecule has 0 aliphatic carbocycles. The molecule has 0 saturated carbocycles. The van der Waals surface area contributed by atoms with Crippen LogP contribution in [0.4, 0.5) is 0 Å². The molecule has 0 saturated heterocycles. The lowest BCUT2D eigenvalue weighted by molar-refractivity contribution is -0.00532. The van der Waals surface area contributed by atoms with E-state index in [2.05, 4.69) is 4.98 Å². The average molecular weight is 222 g/mol. The number of H-pyrrole nitrogens is 1. The summed E-state index contributed by atoms with van der Waals surface area (Å²) in [6.45, 7) is 0. The van der Waals surface area contributed by atoms with Crippen molar-refractivity contribution in [1.29, 1.82) is 0 Å². The average Bonchev–Trinajstić information content (AvgIpc) is 2.57. The number of oxazole rings is 1. The second-order valence-corrected chi connectivity index (χ2v) is 3.82. The Labute approximate surface area is 92.6 Å². The minimum atomic E-state index is -0.439. The zero-order valence-electron chi connectivity index (χ0n) is 9.48. The van der Waals surface area contributed by atoms with Crippen molar-refractivity contribution in [2.24, 2.45) is 0 Å². The third-order valence-corrected chi connectivity index (χ3v) is 2.42. The molecule has 0 aliphatic rings. The minimum absolute atomic E-state index is 0.136. The number of hydrogen-bond acceptors (Lipinski definition) is 4. The van der Waals surface area contributed by atoms with Gasteiger partial charge >= 0.3 is 5.76 Å². The number of ether oxygens (including phenoxy) is 1. The first-order valence-corrected chi connectivity index (χ1v) is 4.94. The number of benzene rings is 1. The standard InChI is InChI=1S/C11H14N2O3/c1-13(2)10(15-3)7-4-5-9-8(6-7)12-11(14)16-9/h4-6,10H,1-3H3,(H,12,14). The van der Waals surface area contributed by atoms with Crippen molar-refractivity contribution in [2.75, 3.05) is 21.2 Å². The Kier molecular flexibility index (Phi) is 2.80. The Hall–Kier alpha value is -1.59. The summed E-state index contributed by atoms with van der Waals surface area (Å²) in [5, 5.41) is 0. The Morgan fingerprint density at radius 2 is 2.19 bits per heavy atom. The summed E-state index contributed by atoms with van der Waals surface area (Å²) in [6.07, 6.45) is -0.136. The van der Waals surface area contributed by atoms with Crippen LogP contribution in [0.3, 0.4) is 0 Å². The molecular weight excluding hydrogens is 208 g/mol. The van der Waals surface area contributed by atoms with E-state index in [1.54, 1.807) is 13.2 Å². The zero-order chi connectivity index (χ0) is 11.7. The van der Waals surface area contributed by atoms with Gasteiger partial charge in [-0.05, 0) is 31.8 Å². The summed E-state index contributed by atoms with van der Waals surface area (Å²) in [6, 6.07) is 5.50. The van der Waals surface area contributed by atoms with Gasteiger partial charge in [0.15, 0.2) is 5.58 Å². The SMILES string of the molecule is COC(c1ccc2oc(=O)[nH]c2c1)N(C)C. The van der Waals surface area contributed by atoms with Gasteiger partial charge in [0, 0.05) is 7.11 Å². The van der Waals surface area contributed by atoms with Crippen LogP contribution >= 0.6 is 0 Å². The molecule has 86 valence electrons. The van der Waals surface area contributed by atoms with Crippen molar-refractivity contribution in [1.82, 2.24) is 9.88 Å². The fourth-order valence-electron chi connectivity index (χ4n) is 1.77. The van der Waals surface area contributed by atoms with Gasteiger partial charge in [0.25, 0.3) is 0 Å². The first kappa shape index (κ1) is 10.9. The lowest BCUT2D eigenvalue weighted by Gasteiger charge is -2.22. The predicted molar refractivity (Wildman–Crippen MR) is 60.3 cm³/mol. The van der Waals surface area contributed by atoms with Crippen LogP contribution in [0, 0.1) is 0 Å². The quantitative estimate of drug-likeness (QED) is 0.796. The van der Waals surface area contributed by atoms with Gasteiger partial charge in [-0.15, -0.1) is 0 Å². The molecule has 0 radical (unpaired) electrons. The van der Waals surface area contributed by atoms with Gasteiger partial charge in [0.05, 0.1) is 5.52 Å². The van der Waals surface area contributed by atoms with Crippen LogP contribution in [0.1, 0.15) is 11.8 Å². The number of aromatic amines is 1. The number of hydrogen-bond donors (Lipinski definition) is 1. The first-order valence-electron chi connectivity index (χ1n) is 4.94. The largest absolute Gasteiger partial charge is 0.417 e. The van der Waals surface area contributed by atoms with E-state index in [0.717, 1.165) is 5.56 Å². The normalized spacial score (nSPS) is 13.5. The molecule has 2 rings (SSSR count). The maximum Gasteiger partial charge on any atom is 0.417 e. The molecule has 1 heterocycles. The smallest absolute Gasteiger partial charge is 0.408 e. The Morgan fingerprint density at radius 1 is 1.44 bits per heavy atom. The van der Waals surface area contributed by atoms with Crippen molar-refractivity contribution in [2.45, 2.75) is 6.23 Å². The van der Waals surface area contributed by atoms with Crippen molar-refractivity contribution in [3.05, 3.63) is 34.3 Å². The van der Waals surface area contributed by atoms with Gasteiger partial charge in [0.2, 0.25) is 0 Å². The highest BCUT2D eigenvalue weighted by molar-refractivity contribution is 5.72. The summed E-state index contributed by atoms with van der Waals surface area (Å²) >= 11 is 0. The van der Waals surface area contributed by atoms with E-state index in [1.807, 2.05) is 31.1 Å². The summed E-state index contributed by atoms with van der Waals surface area (Å²) in [5.41, 5.74) is 2.21. The zero-order valence-corrected chi connectivity index (χ0v) is 9.48. The molecule has 16 heavy (non-hydrogen) atoms. The van der Waals surface area contributed by atoms with Gasteiger partial charge in [-0.25, -0.2) is 4.79 Å². The number of fused-ring (bicyclic) bond motifs is 1. The maximum atomic E-state index is 11.0. The molecule has 5 nitrogen and oxygen atoms in total. The number of nitrogens with zero attached hydrogens (tertiary/aromatic N) is 1. The van der Waals surface area contributed by atoms with E-state index in [-0.39, 0.29) is 6.23 Å².